The van der Waals surface area contributed by atoms with Gasteiger partial charge in [-0.15, -0.1) is 0 Å². The van der Waals surface area contributed by atoms with Gasteiger partial charge in [-0.05, 0) is 34.0 Å². The minimum atomic E-state index is 0.276. The molecule has 0 aliphatic heterocycles. The van der Waals surface area contributed by atoms with Crippen molar-refractivity contribution in [3.8, 4) is 0 Å². The van der Waals surface area contributed by atoms with Crippen LogP contribution < -0.4 is 5.32 Å². The minimum Gasteiger partial charge on any atom is -0.380 e. The first-order chi connectivity index (χ1) is 5.93. The Balaban J connectivity index is 3.75. The van der Waals surface area contributed by atoms with E-state index in [0.29, 0.717) is 10.8 Å². The zero-order valence-electron chi connectivity index (χ0n) is 9.68. The summed E-state index contributed by atoms with van der Waals surface area (Å²) in [6.07, 6.45) is 2.42. The van der Waals surface area contributed by atoms with Crippen LogP contribution in [0.3, 0.4) is 0 Å². The molecule has 0 saturated carbocycles. The maximum atomic E-state index is 5.24. The average Bonchev–Trinajstić information content (AvgIpc) is 2.13. The molecule has 0 radical (unpaired) electrons. The molecule has 80 valence electrons. The normalized spacial score (nSPS) is 17.1. The van der Waals surface area contributed by atoms with Crippen molar-refractivity contribution in [2.45, 2.75) is 44.6 Å². The highest BCUT2D eigenvalue weighted by atomic mass is 32.2. The van der Waals surface area contributed by atoms with Gasteiger partial charge in [0.1, 0.15) is 0 Å². The molecule has 3 heteroatoms. The summed E-state index contributed by atoms with van der Waals surface area (Å²) in [6.45, 7) is 9.75. The molecule has 0 amide bonds. The molecule has 2 atom stereocenters. The molecule has 2 unspecified atom stereocenters. The van der Waals surface area contributed by atoms with Crippen molar-refractivity contribution in [1.82, 2.24) is 5.32 Å². The summed E-state index contributed by atoms with van der Waals surface area (Å²) in [7, 11) is 1.75. The average molecular weight is 205 g/mol. The predicted octanol–water partition coefficient (Wildman–Crippen LogP) is 2.14. The van der Waals surface area contributed by atoms with Gasteiger partial charge in [0.05, 0.1) is 6.10 Å². The molecule has 13 heavy (non-hydrogen) atoms. The first kappa shape index (κ1) is 13.3. The number of nitrogens with one attached hydrogen (secondary N) is 1. The second kappa shape index (κ2) is 5.89. The van der Waals surface area contributed by atoms with Crippen molar-refractivity contribution in [3.05, 3.63) is 0 Å². The lowest BCUT2D eigenvalue weighted by Gasteiger charge is -2.27. The van der Waals surface area contributed by atoms with Crippen LogP contribution in [0.1, 0.15) is 27.7 Å². The summed E-state index contributed by atoms with van der Waals surface area (Å²) in [5, 5.41) is 3.48. The summed E-state index contributed by atoms with van der Waals surface area (Å²) < 4.78 is 5.55. The summed E-state index contributed by atoms with van der Waals surface area (Å²) in [5.74, 6) is 0. The van der Waals surface area contributed by atoms with Gasteiger partial charge in [0.2, 0.25) is 0 Å². The third kappa shape index (κ3) is 5.55. The van der Waals surface area contributed by atoms with Crippen LogP contribution in [0.15, 0.2) is 0 Å². The predicted molar refractivity (Wildman–Crippen MR) is 61.5 cm³/mol. The van der Waals surface area contributed by atoms with Crippen LogP contribution in [0.4, 0.5) is 0 Å². The monoisotopic (exact) mass is 205 g/mol. The fraction of sp³-hybridized carbons (Fsp3) is 1.00. The first-order valence-corrected chi connectivity index (χ1v) is 5.96. The molecule has 0 fully saturated rings. The Morgan fingerprint density at radius 1 is 1.38 bits per heavy atom. The molecule has 0 aromatic carbocycles. The fourth-order valence-corrected chi connectivity index (χ4v) is 1.08. The van der Waals surface area contributed by atoms with Gasteiger partial charge < -0.3 is 10.1 Å². The van der Waals surface area contributed by atoms with E-state index >= 15 is 0 Å². The largest absolute Gasteiger partial charge is 0.380 e. The van der Waals surface area contributed by atoms with Gasteiger partial charge in [0, 0.05) is 24.4 Å². The first-order valence-electron chi connectivity index (χ1n) is 4.74. The zero-order chi connectivity index (χ0) is 10.5. The van der Waals surface area contributed by atoms with E-state index in [-0.39, 0.29) is 6.10 Å². The molecule has 0 spiro atoms. The number of methoxy groups -OCH3 is 1. The quantitative estimate of drug-likeness (QED) is 0.718. The van der Waals surface area contributed by atoms with E-state index < -0.39 is 0 Å². The Bertz CT molecular complexity index is 139. The van der Waals surface area contributed by atoms with Crippen molar-refractivity contribution < 1.29 is 4.74 Å². The number of hydrogen-bond acceptors (Lipinski definition) is 3. The molecule has 0 aliphatic carbocycles. The smallest absolute Gasteiger partial charge is 0.0693 e. The van der Waals surface area contributed by atoms with E-state index in [1.54, 1.807) is 7.11 Å². The number of thioether (sulfide) groups is 1. The Morgan fingerprint density at radius 3 is 2.31 bits per heavy atom. The fourth-order valence-electron chi connectivity index (χ4n) is 0.849. The second-order valence-corrected chi connectivity index (χ2v) is 5.59. The van der Waals surface area contributed by atoms with E-state index in [1.165, 1.54) is 0 Å². The Hall–Kier alpha value is 0.270. The Morgan fingerprint density at radius 2 is 1.92 bits per heavy atom. The van der Waals surface area contributed by atoms with Gasteiger partial charge in [-0.25, -0.2) is 0 Å². The molecule has 0 rings (SSSR count). The van der Waals surface area contributed by atoms with Crippen LogP contribution in [0.5, 0.6) is 0 Å². The molecular formula is C10H23NOS. The van der Waals surface area contributed by atoms with Gasteiger partial charge in [-0.3, -0.25) is 0 Å². The molecular weight excluding hydrogens is 182 g/mol. The molecule has 0 aromatic heterocycles. The summed E-state index contributed by atoms with van der Waals surface area (Å²) in [6, 6.07) is 0.413. The number of ether oxygens (including phenoxy) is 1. The SMILES string of the molecule is COC(C)C(C)NCC(C)(C)SC. The van der Waals surface area contributed by atoms with E-state index in [2.05, 4.69) is 39.3 Å². The van der Waals surface area contributed by atoms with Crippen LogP contribution >= 0.6 is 11.8 Å². The van der Waals surface area contributed by atoms with Gasteiger partial charge in [0.15, 0.2) is 0 Å². The lowest BCUT2D eigenvalue weighted by Crippen LogP contribution is -2.43. The van der Waals surface area contributed by atoms with Crippen LogP contribution in [-0.4, -0.2) is 36.8 Å². The van der Waals surface area contributed by atoms with Crippen molar-refractivity contribution in [3.63, 3.8) is 0 Å². The van der Waals surface area contributed by atoms with Crippen molar-refractivity contribution in [1.29, 1.82) is 0 Å². The van der Waals surface area contributed by atoms with E-state index in [4.69, 9.17) is 4.74 Å². The molecule has 2 nitrogen and oxygen atoms in total. The summed E-state index contributed by atoms with van der Waals surface area (Å²) >= 11 is 1.89. The van der Waals surface area contributed by atoms with Crippen molar-refractivity contribution >= 4 is 11.8 Å². The highest BCUT2D eigenvalue weighted by molar-refractivity contribution is 7.99. The highest BCUT2D eigenvalue weighted by Gasteiger charge is 2.18. The topological polar surface area (TPSA) is 21.3 Å². The third-order valence-electron chi connectivity index (χ3n) is 2.48. The van der Waals surface area contributed by atoms with Crippen LogP contribution in [0.2, 0.25) is 0 Å². The minimum absolute atomic E-state index is 0.276. The third-order valence-corrected chi connectivity index (χ3v) is 3.73. The van der Waals surface area contributed by atoms with E-state index in [9.17, 15) is 0 Å². The number of hydrogen-bond donors (Lipinski definition) is 1. The molecule has 0 saturated heterocycles. The highest BCUT2D eigenvalue weighted by Crippen LogP contribution is 2.19. The van der Waals surface area contributed by atoms with Gasteiger partial charge >= 0.3 is 0 Å². The maximum absolute atomic E-state index is 5.24. The molecule has 0 aliphatic rings. The Labute approximate surface area is 86.8 Å². The zero-order valence-corrected chi connectivity index (χ0v) is 10.5. The van der Waals surface area contributed by atoms with Crippen LogP contribution in [0.25, 0.3) is 0 Å². The molecule has 1 N–H and O–H groups in total. The van der Waals surface area contributed by atoms with Gasteiger partial charge in [-0.2, -0.15) is 11.8 Å². The van der Waals surface area contributed by atoms with Crippen LogP contribution in [-0.2, 0) is 4.74 Å². The van der Waals surface area contributed by atoms with Gasteiger partial charge in [-0.1, -0.05) is 0 Å². The molecule has 0 aromatic rings. The summed E-state index contributed by atoms with van der Waals surface area (Å²) in [5.41, 5.74) is 0. The number of rotatable bonds is 6. The van der Waals surface area contributed by atoms with Crippen molar-refractivity contribution in [2.24, 2.45) is 0 Å². The van der Waals surface area contributed by atoms with Gasteiger partial charge in [0.25, 0.3) is 0 Å². The lowest BCUT2D eigenvalue weighted by atomic mass is 10.1. The van der Waals surface area contributed by atoms with Crippen molar-refractivity contribution in [2.75, 3.05) is 19.9 Å². The van der Waals surface area contributed by atoms with E-state index in [1.807, 2.05) is 11.8 Å². The summed E-state index contributed by atoms with van der Waals surface area (Å²) in [4.78, 5) is 0. The standard InChI is InChI=1S/C10H23NOS/c1-8(9(2)12-5)11-7-10(3,4)13-6/h8-9,11H,7H2,1-6H3. The molecule has 0 heterocycles. The van der Waals surface area contributed by atoms with Crippen LogP contribution in [0, 0.1) is 0 Å². The van der Waals surface area contributed by atoms with E-state index in [0.717, 1.165) is 6.54 Å². The molecule has 0 bridgehead atoms. The lowest BCUT2D eigenvalue weighted by molar-refractivity contribution is 0.0882. The maximum Gasteiger partial charge on any atom is 0.0693 e. The Kier molecular flexibility index (Phi) is 6.01. The second-order valence-electron chi connectivity index (χ2n) is 4.07.